The number of benzene rings is 5. The molecule has 0 aliphatic carbocycles. The van der Waals surface area contributed by atoms with Crippen molar-refractivity contribution in [2.45, 2.75) is 38.9 Å². The highest BCUT2D eigenvalue weighted by Gasteiger charge is 2.29. The molecule has 1 unspecified atom stereocenters. The molecule has 0 bridgehead atoms. The number of rotatable bonds is 10. The summed E-state index contributed by atoms with van der Waals surface area (Å²) in [5.41, 5.74) is 4.29. The van der Waals surface area contributed by atoms with Crippen molar-refractivity contribution in [3.8, 4) is 0 Å². The van der Waals surface area contributed by atoms with Gasteiger partial charge >= 0.3 is 6.18 Å². The molecular weight excluding hydrogens is 623 g/mol. The van der Waals surface area contributed by atoms with Crippen molar-refractivity contribution in [2.24, 2.45) is 30.7 Å². The molecule has 47 heavy (non-hydrogen) atoms. The molecule has 1 aromatic heterocycles. The number of azo groups is 3. The molecule has 0 fully saturated rings. The minimum absolute atomic E-state index is 0.0449. The summed E-state index contributed by atoms with van der Waals surface area (Å²) in [4.78, 5) is 0. The number of fused-ring (bicyclic) bond motifs is 2. The highest BCUT2D eigenvalue weighted by molar-refractivity contribution is 7.14. The molecule has 13 heteroatoms. The standard InChI is InChI=1S/C34H28F3N9S/c1-3-21(2)38-28-16-17-30(25-9-5-4-8-24(25)28)42-43-31-19-18-29(26-10-6-7-11-27(26)31)41-39-22-12-14-23(15-13-22)40-45-33-46-44-32(47-33)20-34(35,36)37/h4-19,21,38H,3,20H2,1-2H3. The van der Waals surface area contributed by atoms with Crippen molar-refractivity contribution < 1.29 is 13.2 Å². The lowest BCUT2D eigenvalue weighted by Crippen LogP contribution is -2.13. The Morgan fingerprint density at radius 2 is 1.13 bits per heavy atom. The first-order valence-corrected chi connectivity index (χ1v) is 15.6. The van der Waals surface area contributed by atoms with Crippen LogP contribution in [-0.4, -0.2) is 22.4 Å². The van der Waals surface area contributed by atoms with Gasteiger partial charge in [-0.3, -0.25) is 0 Å². The molecule has 9 nitrogen and oxygen atoms in total. The van der Waals surface area contributed by atoms with Gasteiger partial charge in [0.1, 0.15) is 5.01 Å². The van der Waals surface area contributed by atoms with E-state index in [0.717, 1.165) is 50.7 Å². The van der Waals surface area contributed by atoms with Gasteiger partial charge < -0.3 is 5.32 Å². The van der Waals surface area contributed by atoms with Crippen LogP contribution in [0.1, 0.15) is 25.3 Å². The molecule has 0 saturated heterocycles. The quantitative estimate of drug-likeness (QED) is 0.149. The van der Waals surface area contributed by atoms with Gasteiger partial charge in [0.2, 0.25) is 0 Å². The zero-order valence-corrected chi connectivity index (χ0v) is 26.2. The predicted molar refractivity (Wildman–Crippen MR) is 180 cm³/mol. The normalized spacial score (nSPS) is 13.0. The van der Waals surface area contributed by atoms with E-state index < -0.39 is 12.6 Å². The van der Waals surface area contributed by atoms with E-state index in [4.69, 9.17) is 0 Å². The SMILES string of the molecule is CCC(C)Nc1ccc(N=Nc2ccc(N=Nc3ccc(N=Nc4nnc(CC(F)(F)F)s4)cc3)c3ccccc23)c2ccccc12. The van der Waals surface area contributed by atoms with Crippen LogP contribution in [0.4, 0.5) is 52.4 Å². The van der Waals surface area contributed by atoms with Crippen LogP contribution in [0.15, 0.2) is 128 Å². The second-order valence-corrected chi connectivity index (χ2v) is 11.7. The van der Waals surface area contributed by atoms with Gasteiger partial charge in [0.25, 0.3) is 5.13 Å². The lowest BCUT2D eigenvalue weighted by molar-refractivity contribution is -0.127. The number of alkyl halides is 3. The van der Waals surface area contributed by atoms with E-state index in [1.165, 1.54) is 0 Å². The van der Waals surface area contributed by atoms with Crippen molar-refractivity contribution in [1.82, 2.24) is 10.2 Å². The van der Waals surface area contributed by atoms with Crippen LogP contribution >= 0.6 is 11.3 Å². The Hall–Kier alpha value is -5.43. The molecule has 1 atom stereocenters. The Labute approximate surface area is 272 Å². The molecule has 6 aromatic rings. The lowest BCUT2D eigenvalue weighted by atomic mass is 10.1. The maximum atomic E-state index is 12.5. The summed E-state index contributed by atoms with van der Waals surface area (Å²) in [7, 11) is 0. The van der Waals surface area contributed by atoms with E-state index in [1.807, 2.05) is 54.6 Å². The van der Waals surface area contributed by atoms with Crippen LogP contribution in [0.25, 0.3) is 21.5 Å². The van der Waals surface area contributed by atoms with Gasteiger partial charge in [0.15, 0.2) is 0 Å². The fourth-order valence-corrected chi connectivity index (χ4v) is 5.43. The largest absolute Gasteiger partial charge is 0.395 e. The highest BCUT2D eigenvalue weighted by atomic mass is 32.1. The maximum absolute atomic E-state index is 12.5. The average Bonchev–Trinajstić information content (AvgIpc) is 3.52. The van der Waals surface area contributed by atoms with Crippen LogP contribution in [0, 0.1) is 0 Å². The first-order valence-electron chi connectivity index (χ1n) is 14.8. The van der Waals surface area contributed by atoms with Crippen LogP contribution < -0.4 is 5.32 Å². The molecule has 6 rings (SSSR count). The zero-order chi connectivity index (χ0) is 32.8. The van der Waals surface area contributed by atoms with Gasteiger partial charge in [0, 0.05) is 33.3 Å². The summed E-state index contributed by atoms with van der Waals surface area (Å²) in [5, 5.41) is 40.5. The molecule has 0 radical (unpaired) electrons. The Kier molecular flexibility index (Phi) is 9.34. The number of anilines is 1. The van der Waals surface area contributed by atoms with Crippen LogP contribution in [0.2, 0.25) is 0 Å². The Balaban J connectivity index is 1.19. The van der Waals surface area contributed by atoms with Gasteiger partial charge in [-0.05, 0) is 61.9 Å². The summed E-state index contributed by atoms with van der Waals surface area (Å²) < 4.78 is 37.6. The smallest absolute Gasteiger partial charge is 0.382 e. The molecule has 1 heterocycles. The Morgan fingerprint density at radius 1 is 0.638 bits per heavy atom. The van der Waals surface area contributed by atoms with Crippen molar-refractivity contribution >= 4 is 72.1 Å². The topological polar surface area (TPSA) is 112 Å². The van der Waals surface area contributed by atoms with Crippen molar-refractivity contribution in [1.29, 1.82) is 0 Å². The maximum Gasteiger partial charge on any atom is 0.395 e. The molecule has 0 spiro atoms. The van der Waals surface area contributed by atoms with Crippen molar-refractivity contribution in [3.05, 3.63) is 102 Å². The zero-order valence-electron chi connectivity index (χ0n) is 25.3. The summed E-state index contributed by atoms with van der Waals surface area (Å²) in [6.45, 7) is 4.32. The molecular formula is C34H28F3N9S. The summed E-state index contributed by atoms with van der Waals surface area (Å²) in [6.07, 6.45) is -4.48. The summed E-state index contributed by atoms with van der Waals surface area (Å²) >= 11 is 0.743. The van der Waals surface area contributed by atoms with Gasteiger partial charge in [-0.15, -0.1) is 35.8 Å². The average molecular weight is 652 g/mol. The first kappa shape index (κ1) is 31.5. The summed E-state index contributed by atoms with van der Waals surface area (Å²) in [6, 6.07) is 30.9. The monoisotopic (exact) mass is 651 g/mol. The molecule has 0 aliphatic heterocycles. The lowest BCUT2D eigenvalue weighted by Gasteiger charge is -2.15. The number of nitrogens with one attached hydrogen (secondary N) is 1. The van der Waals surface area contributed by atoms with E-state index in [2.05, 4.69) is 78.2 Å². The number of hydrogen-bond acceptors (Lipinski definition) is 10. The molecule has 0 saturated carbocycles. The second-order valence-electron chi connectivity index (χ2n) is 10.7. The number of nitrogens with zero attached hydrogens (tertiary/aromatic N) is 8. The van der Waals surface area contributed by atoms with Crippen LogP contribution in [0.5, 0.6) is 0 Å². The second kappa shape index (κ2) is 13.9. The molecule has 0 aliphatic rings. The van der Waals surface area contributed by atoms with Gasteiger partial charge in [-0.1, -0.05) is 66.8 Å². The van der Waals surface area contributed by atoms with Crippen molar-refractivity contribution in [2.75, 3.05) is 5.32 Å². The number of halogens is 3. The van der Waals surface area contributed by atoms with E-state index in [0.29, 0.717) is 28.8 Å². The third-order valence-corrected chi connectivity index (χ3v) is 8.05. The van der Waals surface area contributed by atoms with Gasteiger partial charge in [-0.2, -0.15) is 18.3 Å². The van der Waals surface area contributed by atoms with Crippen LogP contribution in [0.3, 0.4) is 0 Å². The molecule has 236 valence electrons. The number of hydrogen-bond donors (Lipinski definition) is 1. The third-order valence-electron chi connectivity index (χ3n) is 7.24. The third kappa shape index (κ3) is 7.87. The molecule has 0 amide bonds. The predicted octanol–water partition coefficient (Wildman–Crippen LogP) is 12.4. The van der Waals surface area contributed by atoms with E-state index in [-0.39, 0.29) is 10.1 Å². The fourth-order valence-electron chi connectivity index (χ4n) is 4.74. The molecule has 5 aromatic carbocycles. The van der Waals surface area contributed by atoms with Gasteiger partial charge in [0.05, 0.1) is 34.9 Å². The van der Waals surface area contributed by atoms with E-state index in [9.17, 15) is 13.2 Å². The Morgan fingerprint density at radius 3 is 1.68 bits per heavy atom. The minimum atomic E-state index is -4.36. The van der Waals surface area contributed by atoms with Crippen LogP contribution in [-0.2, 0) is 6.42 Å². The first-order chi connectivity index (χ1) is 22.8. The molecule has 1 N–H and O–H groups in total. The minimum Gasteiger partial charge on any atom is -0.382 e. The van der Waals surface area contributed by atoms with E-state index >= 15 is 0 Å². The van der Waals surface area contributed by atoms with Crippen molar-refractivity contribution in [3.63, 3.8) is 0 Å². The fraction of sp³-hybridized carbons (Fsp3) is 0.176. The van der Waals surface area contributed by atoms with Gasteiger partial charge in [-0.25, -0.2) is 0 Å². The van der Waals surface area contributed by atoms with E-state index in [1.54, 1.807) is 24.3 Å². The highest BCUT2D eigenvalue weighted by Crippen LogP contribution is 2.37. The number of aromatic nitrogens is 2. The summed E-state index contributed by atoms with van der Waals surface area (Å²) in [5.74, 6) is 0. The Bertz CT molecular complexity index is 2110.